The van der Waals surface area contributed by atoms with Crippen LogP contribution < -0.4 is 19.1 Å². The number of halogens is 1. The average molecular weight is 385 g/mol. The molecule has 0 saturated carbocycles. The van der Waals surface area contributed by atoms with E-state index >= 15 is 0 Å². The van der Waals surface area contributed by atoms with Gasteiger partial charge in [0.15, 0.2) is 11.5 Å². The van der Waals surface area contributed by atoms with Crippen LogP contribution in [0.5, 0.6) is 11.5 Å². The van der Waals surface area contributed by atoms with E-state index in [4.69, 9.17) is 9.47 Å². The van der Waals surface area contributed by atoms with E-state index in [0.29, 0.717) is 36.8 Å². The van der Waals surface area contributed by atoms with Gasteiger partial charge in [-0.2, -0.15) is 0 Å². The molecule has 2 aromatic rings. The molecule has 6 nitrogen and oxygen atoms in total. The van der Waals surface area contributed by atoms with Gasteiger partial charge in [0.05, 0.1) is 24.8 Å². The predicted molar refractivity (Wildman–Crippen MR) is 99.5 cm³/mol. The maximum atomic E-state index is 13.2. The summed E-state index contributed by atoms with van der Waals surface area (Å²) in [6.07, 6.45) is 0. The lowest BCUT2D eigenvalue weighted by Gasteiger charge is -2.24. The van der Waals surface area contributed by atoms with E-state index in [1.807, 2.05) is 24.3 Å². The Balaban J connectivity index is 0.00000225. The molecule has 1 aliphatic rings. The van der Waals surface area contributed by atoms with E-state index in [-0.39, 0.29) is 17.3 Å². The van der Waals surface area contributed by atoms with Crippen LogP contribution in [0.1, 0.15) is 5.56 Å². The minimum atomic E-state index is -3.70. The van der Waals surface area contributed by atoms with Crippen LogP contribution in [0.4, 0.5) is 5.69 Å². The van der Waals surface area contributed by atoms with Gasteiger partial charge in [0.2, 0.25) is 0 Å². The van der Waals surface area contributed by atoms with Gasteiger partial charge in [-0.3, -0.25) is 4.31 Å². The number of sulfonamides is 1. The smallest absolute Gasteiger partial charge is 0.264 e. The first-order chi connectivity index (χ1) is 11.6. The van der Waals surface area contributed by atoms with Crippen LogP contribution in [0.3, 0.4) is 0 Å². The van der Waals surface area contributed by atoms with Crippen LogP contribution in [-0.4, -0.2) is 35.7 Å². The maximum Gasteiger partial charge on any atom is 0.264 e. The molecule has 0 saturated heterocycles. The van der Waals surface area contributed by atoms with Gasteiger partial charge in [0.1, 0.15) is 0 Å². The zero-order valence-electron chi connectivity index (χ0n) is 14.1. The third-order valence-corrected chi connectivity index (χ3v) is 5.82. The van der Waals surface area contributed by atoms with E-state index < -0.39 is 10.0 Å². The molecule has 0 unspecified atom stereocenters. The van der Waals surface area contributed by atoms with Crippen LogP contribution in [0.15, 0.2) is 47.4 Å². The van der Waals surface area contributed by atoms with Gasteiger partial charge in [-0.25, -0.2) is 8.42 Å². The van der Waals surface area contributed by atoms with Crippen molar-refractivity contribution in [2.45, 2.75) is 11.4 Å². The molecule has 0 aliphatic carbocycles. The highest BCUT2D eigenvalue weighted by molar-refractivity contribution is 7.92. The molecule has 8 heteroatoms. The molecule has 1 heterocycles. The Morgan fingerprint density at radius 3 is 2.48 bits per heavy atom. The zero-order chi connectivity index (χ0) is 17.2. The van der Waals surface area contributed by atoms with Crippen LogP contribution in [0, 0.1) is 0 Å². The molecular weight excluding hydrogens is 364 g/mol. The Kier molecular flexibility index (Phi) is 6.16. The third-order valence-electron chi connectivity index (χ3n) is 4.01. The summed E-state index contributed by atoms with van der Waals surface area (Å²) in [5.41, 5.74) is 1.66. The lowest BCUT2D eigenvalue weighted by atomic mass is 10.2. The van der Waals surface area contributed by atoms with Gasteiger partial charge >= 0.3 is 0 Å². The summed E-state index contributed by atoms with van der Waals surface area (Å²) in [5.74, 6) is 0.884. The van der Waals surface area contributed by atoms with Crippen molar-refractivity contribution in [2.24, 2.45) is 0 Å². The number of anilines is 1. The molecule has 0 aromatic heterocycles. The third kappa shape index (κ3) is 3.68. The first-order valence-corrected chi connectivity index (χ1v) is 9.05. The van der Waals surface area contributed by atoms with Crippen molar-refractivity contribution >= 4 is 28.1 Å². The summed E-state index contributed by atoms with van der Waals surface area (Å²) in [6.45, 7) is 1.60. The van der Waals surface area contributed by atoms with Crippen LogP contribution in [0.25, 0.3) is 0 Å². The van der Waals surface area contributed by atoms with Crippen molar-refractivity contribution in [3.63, 3.8) is 0 Å². The van der Waals surface area contributed by atoms with Gasteiger partial charge in [-0.15, -0.1) is 12.4 Å². The number of benzene rings is 2. The lowest BCUT2D eigenvalue weighted by molar-refractivity contribution is 0.354. The van der Waals surface area contributed by atoms with Crippen LogP contribution in [0.2, 0.25) is 0 Å². The molecule has 0 atom stereocenters. The molecule has 1 N–H and O–H groups in total. The van der Waals surface area contributed by atoms with E-state index in [0.717, 1.165) is 5.56 Å². The predicted octanol–water partition coefficient (Wildman–Crippen LogP) is 2.42. The van der Waals surface area contributed by atoms with Gasteiger partial charge in [0.25, 0.3) is 10.0 Å². The molecule has 25 heavy (non-hydrogen) atoms. The largest absolute Gasteiger partial charge is 0.493 e. The second kappa shape index (κ2) is 7.95. The number of ether oxygens (including phenoxy) is 2. The molecule has 0 spiro atoms. The van der Waals surface area contributed by atoms with Crippen LogP contribution >= 0.6 is 12.4 Å². The van der Waals surface area contributed by atoms with Gasteiger partial charge in [-0.05, 0) is 23.8 Å². The van der Waals surface area contributed by atoms with Crippen molar-refractivity contribution in [2.75, 3.05) is 31.6 Å². The first kappa shape index (κ1) is 19.4. The summed E-state index contributed by atoms with van der Waals surface area (Å²) in [7, 11) is -0.696. The molecule has 0 amide bonds. The summed E-state index contributed by atoms with van der Waals surface area (Å²) in [6, 6.07) is 12.2. The van der Waals surface area contributed by atoms with E-state index in [9.17, 15) is 8.42 Å². The van der Waals surface area contributed by atoms with Crippen molar-refractivity contribution in [1.29, 1.82) is 0 Å². The first-order valence-electron chi connectivity index (χ1n) is 7.61. The number of hydrogen-bond donors (Lipinski definition) is 1. The van der Waals surface area contributed by atoms with E-state index in [1.165, 1.54) is 30.7 Å². The molecule has 3 rings (SSSR count). The fourth-order valence-corrected chi connectivity index (χ4v) is 4.30. The number of hydrogen-bond acceptors (Lipinski definition) is 5. The highest BCUT2D eigenvalue weighted by atomic mass is 35.5. The zero-order valence-corrected chi connectivity index (χ0v) is 15.7. The Hall–Kier alpha value is -1.96. The Bertz CT molecular complexity index is 842. The lowest BCUT2D eigenvalue weighted by Crippen LogP contribution is -2.34. The van der Waals surface area contributed by atoms with Gasteiger partial charge in [-0.1, -0.05) is 18.2 Å². The van der Waals surface area contributed by atoms with Crippen molar-refractivity contribution in [1.82, 2.24) is 5.32 Å². The second-order valence-electron chi connectivity index (χ2n) is 5.40. The van der Waals surface area contributed by atoms with Crippen LogP contribution in [-0.2, 0) is 16.6 Å². The Morgan fingerprint density at radius 1 is 1.04 bits per heavy atom. The number of para-hydroxylation sites is 1. The maximum absolute atomic E-state index is 13.2. The monoisotopic (exact) mass is 384 g/mol. The molecule has 0 fully saturated rings. The molecule has 1 aliphatic heterocycles. The van der Waals surface area contributed by atoms with Crippen molar-refractivity contribution in [3.05, 3.63) is 48.0 Å². The van der Waals surface area contributed by atoms with Crippen molar-refractivity contribution < 1.29 is 17.9 Å². The molecule has 136 valence electrons. The minimum absolute atomic E-state index is 0. The highest BCUT2D eigenvalue weighted by Crippen LogP contribution is 2.33. The summed E-state index contributed by atoms with van der Waals surface area (Å²) in [5, 5.41) is 3.25. The fourth-order valence-electron chi connectivity index (χ4n) is 2.78. The minimum Gasteiger partial charge on any atom is -0.493 e. The highest BCUT2D eigenvalue weighted by Gasteiger charge is 2.28. The quantitative estimate of drug-likeness (QED) is 0.876. The second-order valence-corrected chi connectivity index (χ2v) is 7.26. The van der Waals surface area contributed by atoms with E-state index in [2.05, 4.69) is 5.32 Å². The number of nitrogens with one attached hydrogen (secondary N) is 1. The Morgan fingerprint density at radius 2 is 1.76 bits per heavy atom. The number of rotatable bonds is 4. The number of methoxy groups -OCH3 is 2. The fraction of sp³-hybridized carbons (Fsp3) is 0.294. The number of nitrogens with zero attached hydrogens (tertiary/aromatic N) is 1. The average Bonchev–Trinajstić information content (AvgIpc) is 2.84. The van der Waals surface area contributed by atoms with Gasteiger partial charge in [0, 0.05) is 25.7 Å². The molecule has 2 aromatic carbocycles. The number of fused-ring (bicyclic) bond motifs is 1. The van der Waals surface area contributed by atoms with Gasteiger partial charge < -0.3 is 14.8 Å². The molecule has 0 bridgehead atoms. The summed E-state index contributed by atoms with van der Waals surface area (Å²) < 4.78 is 38.2. The standard InChI is InChI=1S/C17H20N2O4S.ClH/c1-22-16-8-7-14(11-17(16)23-2)24(20,21)19-10-9-18-12-13-5-3-4-6-15(13)19;/h3-8,11,18H,9-10,12H2,1-2H3;1H. The normalized spacial score (nSPS) is 14.1. The topological polar surface area (TPSA) is 67.9 Å². The summed E-state index contributed by atoms with van der Waals surface area (Å²) in [4.78, 5) is 0.178. The Labute approximate surface area is 154 Å². The van der Waals surface area contributed by atoms with E-state index in [1.54, 1.807) is 6.07 Å². The SMILES string of the molecule is COc1ccc(S(=O)(=O)N2CCNCc3ccccc32)cc1OC.Cl. The van der Waals surface area contributed by atoms with Crippen molar-refractivity contribution in [3.8, 4) is 11.5 Å². The summed E-state index contributed by atoms with van der Waals surface area (Å²) >= 11 is 0. The molecular formula is C17H21ClN2O4S. The molecule has 0 radical (unpaired) electrons.